The highest BCUT2D eigenvalue weighted by atomic mass is 14.1. The van der Waals surface area contributed by atoms with Crippen LogP contribution in [0.2, 0.25) is 0 Å². The summed E-state index contributed by atoms with van der Waals surface area (Å²) in [6.45, 7) is 4.38. The maximum absolute atomic E-state index is 2.32. The van der Waals surface area contributed by atoms with E-state index in [2.05, 4.69) is 86.6 Å². The molecule has 0 heterocycles. The van der Waals surface area contributed by atoms with E-state index < -0.39 is 0 Å². The van der Waals surface area contributed by atoms with Crippen LogP contribution < -0.4 is 0 Å². The summed E-state index contributed by atoms with van der Waals surface area (Å²) in [5.74, 6) is 0. The van der Waals surface area contributed by atoms with Gasteiger partial charge in [0.2, 0.25) is 0 Å². The van der Waals surface area contributed by atoms with E-state index in [1.807, 2.05) is 0 Å². The summed E-state index contributed by atoms with van der Waals surface area (Å²) < 4.78 is 0. The molecule has 4 aromatic rings. The van der Waals surface area contributed by atoms with Crippen LogP contribution in [-0.2, 0) is 0 Å². The average Bonchev–Trinajstić information content (AvgIpc) is 2.54. The first-order valence-electron chi connectivity index (χ1n) is 7.72. The number of aryl methyl sites for hydroxylation is 2. The van der Waals surface area contributed by atoms with Crippen molar-refractivity contribution < 1.29 is 0 Å². The average molecular weight is 282 g/mol. The molecule has 0 saturated heterocycles. The van der Waals surface area contributed by atoms with E-state index in [4.69, 9.17) is 0 Å². The van der Waals surface area contributed by atoms with Crippen LogP contribution in [0.5, 0.6) is 0 Å². The number of fused-ring (bicyclic) bond motifs is 2. The maximum atomic E-state index is 2.32. The van der Waals surface area contributed by atoms with Crippen molar-refractivity contribution in [2.24, 2.45) is 0 Å². The van der Waals surface area contributed by atoms with Crippen LogP contribution in [0.25, 0.3) is 32.7 Å². The van der Waals surface area contributed by atoms with Crippen LogP contribution in [0.4, 0.5) is 0 Å². The van der Waals surface area contributed by atoms with E-state index in [0.717, 1.165) is 0 Å². The molecule has 0 aliphatic carbocycles. The topological polar surface area (TPSA) is 0 Å². The highest BCUT2D eigenvalue weighted by Crippen LogP contribution is 2.37. The Balaban J connectivity index is 2.18. The summed E-state index contributed by atoms with van der Waals surface area (Å²) in [4.78, 5) is 0. The third-order valence-corrected chi connectivity index (χ3v) is 4.41. The van der Waals surface area contributed by atoms with E-state index in [1.165, 1.54) is 43.8 Å². The molecule has 0 aliphatic rings. The molecule has 0 atom stereocenters. The zero-order valence-electron chi connectivity index (χ0n) is 12.9. The zero-order chi connectivity index (χ0) is 15.1. The van der Waals surface area contributed by atoms with Gasteiger partial charge in [0.25, 0.3) is 0 Å². The Hall–Kier alpha value is -2.60. The van der Waals surface area contributed by atoms with Crippen molar-refractivity contribution in [3.63, 3.8) is 0 Å². The summed E-state index contributed by atoms with van der Waals surface area (Å²) in [7, 11) is 0. The van der Waals surface area contributed by atoms with Crippen molar-refractivity contribution in [1.82, 2.24) is 0 Å². The van der Waals surface area contributed by atoms with Gasteiger partial charge in [0.1, 0.15) is 0 Å². The first-order chi connectivity index (χ1) is 10.7. The van der Waals surface area contributed by atoms with Crippen molar-refractivity contribution in [2.45, 2.75) is 13.8 Å². The molecule has 0 amide bonds. The van der Waals surface area contributed by atoms with E-state index in [0.29, 0.717) is 0 Å². The Kier molecular flexibility index (Phi) is 2.97. The fourth-order valence-corrected chi connectivity index (χ4v) is 3.41. The Morgan fingerprint density at radius 2 is 1.27 bits per heavy atom. The first kappa shape index (κ1) is 13.1. The van der Waals surface area contributed by atoms with Crippen molar-refractivity contribution in [3.05, 3.63) is 83.9 Å². The monoisotopic (exact) mass is 282 g/mol. The van der Waals surface area contributed by atoms with Gasteiger partial charge in [-0.3, -0.25) is 0 Å². The highest BCUT2D eigenvalue weighted by Gasteiger charge is 2.11. The molecule has 0 spiro atoms. The van der Waals surface area contributed by atoms with Gasteiger partial charge in [0, 0.05) is 0 Å². The minimum Gasteiger partial charge on any atom is -0.0616 e. The molecule has 0 radical (unpaired) electrons. The molecule has 0 aromatic heterocycles. The third kappa shape index (κ3) is 2.00. The van der Waals surface area contributed by atoms with Crippen molar-refractivity contribution in [3.8, 4) is 11.1 Å². The lowest BCUT2D eigenvalue weighted by molar-refractivity contribution is 1.46. The molecular formula is C22H18. The molecule has 0 aliphatic heterocycles. The minimum absolute atomic E-state index is 1.30. The fourth-order valence-electron chi connectivity index (χ4n) is 3.41. The predicted molar refractivity (Wildman–Crippen MR) is 96.4 cm³/mol. The predicted octanol–water partition coefficient (Wildman–Crippen LogP) is 6.28. The molecule has 0 N–H and O–H groups in total. The normalized spacial score (nSPS) is 11.2. The van der Waals surface area contributed by atoms with Gasteiger partial charge in [-0.05, 0) is 57.6 Å². The number of hydrogen-bond donors (Lipinski definition) is 0. The van der Waals surface area contributed by atoms with E-state index in [9.17, 15) is 0 Å². The second-order valence-corrected chi connectivity index (χ2v) is 6.01. The van der Waals surface area contributed by atoms with Gasteiger partial charge in [-0.25, -0.2) is 0 Å². The fraction of sp³-hybridized carbons (Fsp3) is 0.0909. The largest absolute Gasteiger partial charge is 0.0616 e. The molecule has 0 heteroatoms. The van der Waals surface area contributed by atoms with Gasteiger partial charge in [-0.2, -0.15) is 0 Å². The van der Waals surface area contributed by atoms with Crippen LogP contribution in [0, 0.1) is 13.8 Å². The summed E-state index contributed by atoms with van der Waals surface area (Å²) >= 11 is 0. The quantitative estimate of drug-likeness (QED) is 0.385. The summed E-state index contributed by atoms with van der Waals surface area (Å²) in [6.07, 6.45) is 0. The summed E-state index contributed by atoms with van der Waals surface area (Å²) in [5.41, 5.74) is 5.33. The molecule has 0 bridgehead atoms. The summed E-state index contributed by atoms with van der Waals surface area (Å²) in [5, 5.41) is 5.27. The van der Waals surface area contributed by atoms with Gasteiger partial charge in [0.05, 0.1) is 0 Å². The number of rotatable bonds is 1. The van der Waals surface area contributed by atoms with Gasteiger partial charge in [0.15, 0.2) is 0 Å². The molecule has 22 heavy (non-hydrogen) atoms. The van der Waals surface area contributed by atoms with Crippen LogP contribution in [-0.4, -0.2) is 0 Å². The second-order valence-electron chi connectivity index (χ2n) is 6.01. The smallest absolute Gasteiger partial charge is 0.00698 e. The standard InChI is InChI=1S/C22H18/c1-15-13-18-8-4-5-9-19(18)21(14-15)22-16(2)11-12-17-7-3-6-10-20(17)22/h3-14H,1-2H3. The Labute approximate surface area is 131 Å². The third-order valence-electron chi connectivity index (χ3n) is 4.41. The van der Waals surface area contributed by atoms with E-state index >= 15 is 0 Å². The Bertz CT molecular complexity index is 993. The van der Waals surface area contributed by atoms with Gasteiger partial charge in [-0.1, -0.05) is 72.8 Å². The van der Waals surface area contributed by atoms with Crippen LogP contribution in [0.1, 0.15) is 11.1 Å². The lowest BCUT2D eigenvalue weighted by atomic mass is 9.89. The molecule has 0 unspecified atom stereocenters. The zero-order valence-corrected chi connectivity index (χ0v) is 12.9. The molecule has 106 valence electrons. The molecule has 4 aromatic carbocycles. The molecule has 4 rings (SSSR count). The van der Waals surface area contributed by atoms with Gasteiger partial charge >= 0.3 is 0 Å². The van der Waals surface area contributed by atoms with Gasteiger partial charge in [-0.15, -0.1) is 0 Å². The first-order valence-corrected chi connectivity index (χ1v) is 7.72. The second kappa shape index (κ2) is 4.99. The molecular weight excluding hydrogens is 264 g/mol. The number of benzene rings is 4. The van der Waals surface area contributed by atoms with E-state index in [1.54, 1.807) is 0 Å². The van der Waals surface area contributed by atoms with Crippen LogP contribution in [0.15, 0.2) is 72.8 Å². The lowest BCUT2D eigenvalue weighted by Crippen LogP contribution is -1.89. The van der Waals surface area contributed by atoms with Crippen LogP contribution >= 0.6 is 0 Å². The SMILES string of the molecule is Cc1cc(-c2c(C)ccc3ccccc23)c2ccccc2c1. The lowest BCUT2D eigenvalue weighted by Gasteiger charge is -2.14. The van der Waals surface area contributed by atoms with E-state index in [-0.39, 0.29) is 0 Å². The highest BCUT2D eigenvalue weighted by molar-refractivity contribution is 6.06. The maximum Gasteiger partial charge on any atom is -0.00698 e. The van der Waals surface area contributed by atoms with Gasteiger partial charge < -0.3 is 0 Å². The number of hydrogen-bond acceptors (Lipinski definition) is 0. The Morgan fingerprint density at radius 3 is 2.09 bits per heavy atom. The minimum atomic E-state index is 1.30. The molecule has 0 fully saturated rings. The van der Waals surface area contributed by atoms with Crippen molar-refractivity contribution in [2.75, 3.05) is 0 Å². The van der Waals surface area contributed by atoms with Crippen molar-refractivity contribution >= 4 is 21.5 Å². The summed E-state index contributed by atoms with van der Waals surface area (Å²) in [6, 6.07) is 26.3. The molecule has 0 nitrogen and oxygen atoms in total. The van der Waals surface area contributed by atoms with Crippen molar-refractivity contribution in [1.29, 1.82) is 0 Å². The molecule has 0 saturated carbocycles. The van der Waals surface area contributed by atoms with Crippen LogP contribution in [0.3, 0.4) is 0 Å². The Morgan fingerprint density at radius 1 is 0.591 bits per heavy atom.